The third-order valence-corrected chi connectivity index (χ3v) is 4.84. The maximum absolute atomic E-state index is 12.5. The molecule has 0 aromatic heterocycles. The molecule has 28 heavy (non-hydrogen) atoms. The number of methoxy groups -OCH3 is 1. The molecule has 0 saturated heterocycles. The lowest BCUT2D eigenvalue weighted by atomic mass is 9.89. The molecule has 0 saturated carbocycles. The summed E-state index contributed by atoms with van der Waals surface area (Å²) in [6.07, 6.45) is 1.83. The average molecular weight is 383 g/mol. The topological polar surface area (TPSA) is 56.8 Å². The van der Waals surface area contributed by atoms with Crippen LogP contribution in [0, 0.1) is 6.92 Å². The Morgan fingerprint density at radius 2 is 1.89 bits per heavy atom. The number of hydrogen-bond donors (Lipinski definition) is 1. The highest BCUT2D eigenvalue weighted by atomic mass is 16.5. The highest BCUT2D eigenvalue weighted by Crippen LogP contribution is 2.39. The van der Waals surface area contributed by atoms with E-state index in [0.717, 1.165) is 34.8 Å². The predicted octanol–water partition coefficient (Wildman–Crippen LogP) is 4.58. The third kappa shape index (κ3) is 5.18. The van der Waals surface area contributed by atoms with Gasteiger partial charge in [0, 0.05) is 18.4 Å². The van der Waals surface area contributed by atoms with E-state index in [9.17, 15) is 4.79 Å². The van der Waals surface area contributed by atoms with E-state index in [0.29, 0.717) is 19.4 Å². The fourth-order valence-electron chi connectivity index (χ4n) is 3.45. The average Bonchev–Trinajstić information content (AvgIpc) is 2.64. The molecule has 150 valence electrons. The van der Waals surface area contributed by atoms with Crippen molar-refractivity contribution in [3.8, 4) is 17.2 Å². The lowest BCUT2D eigenvalue weighted by Crippen LogP contribution is -2.41. The van der Waals surface area contributed by atoms with Gasteiger partial charge in [-0.25, -0.2) is 0 Å². The van der Waals surface area contributed by atoms with Gasteiger partial charge in [0.2, 0.25) is 5.91 Å². The van der Waals surface area contributed by atoms with Crippen molar-refractivity contribution in [2.75, 3.05) is 13.7 Å². The number of ether oxygens (including phenoxy) is 3. The van der Waals surface area contributed by atoms with E-state index in [4.69, 9.17) is 14.2 Å². The van der Waals surface area contributed by atoms with Crippen molar-refractivity contribution in [1.29, 1.82) is 0 Å². The number of aryl methyl sites for hydroxylation is 1. The molecular formula is C23H29NO4. The molecule has 0 fully saturated rings. The number of rotatable bonds is 7. The largest absolute Gasteiger partial charge is 0.497 e. The van der Waals surface area contributed by atoms with Crippen molar-refractivity contribution in [2.24, 2.45) is 0 Å². The molecule has 0 unspecified atom stereocenters. The van der Waals surface area contributed by atoms with Gasteiger partial charge in [-0.3, -0.25) is 4.79 Å². The molecule has 5 heteroatoms. The van der Waals surface area contributed by atoms with E-state index in [1.165, 1.54) is 0 Å². The second kappa shape index (κ2) is 8.55. The fourth-order valence-corrected chi connectivity index (χ4v) is 3.45. The van der Waals surface area contributed by atoms with Gasteiger partial charge in [0.15, 0.2) is 0 Å². The summed E-state index contributed by atoms with van der Waals surface area (Å²) in [7, 11) is 1.63. The summed E-state index contributed by atoms with van der Waals surface area (Å²) >= 11 is 0. The van der Waals surface area contributed by atoms with Gasteiger partial charge in [0.1, 0.15) is 22.8 Å². The maximum Gasteiger partial charge on any atom is 0.220 e. The predicted molar refractivity (Wildman–Crippen MR) is 109 cm³/mol. The van der Waals surface area contributed by atoms with Crippen molar-refractivity contribution in [3.63, 3.8) is 0 Å². The monoisotopic (exact) mass is 383 g/mol. The smallest absolute Gasteiger partial charge is 0.220 e. The number of carbonyl (C=O) groups is 1. The zero-order chi connectivity index (χ0) is 20.1. The highest BCUT2D eigenvalue weighted by molar-refractivity contribution is 5.76. The summed E-state index contributed by atoms with van der Waals surface area (Å²) < 4.78 is 16.9. The van der Waals surface area contributed by atoms with Gasteiger partial charge in [-0.2, -0.15) is 0 Å². The van der Waals surface area contributed by atoms with Crippen LogP contribution >= 0.6 is 0 Å². The van der Waals surface area contributed by atoms with Crippen molar-refractivity contribution >= 4 is 5.91 Å². The van der Waals surface area contributed by atoms with Gasteiger partial charge in [-0.15, -0.1) is 0 Å². The highest BCUT2D eigenvalue weighted by Gasteiger charge is 2.34. The van der Waals surface area contributed by atoms with Gasteiger partial charge in [-0.1, -0.05) is 12.1 Å². The normalized spacial score (nSPS) is 17.2. The lowest BCUT2D eigenvalue weighted by molar-refractivity contribution is -0.122. The third-order valence-electron chi connectivity index (χ3n) is 4.84. The molecule has 1 aliphatic rings. The first-order valence-corrected chi connectivity index (χ1v) is 9.72. The first-order valence-electron chi connectivity index (χ1n) is 9.72. The van der Waals surface area contributed by atoms with Crippen molar-refractivity contribution in [1.82, 2.24) is 5.32 Å². The second-order valence-electron chi connectivity index (χ2n) is 7.85. The lowest BCUT2D eigenvalue weighted by Gasteiger charge is -2.38. The zero-order valence-corrected chi connectivity index (χ0v) is 17.1. The molecule has 0 bridgehead atoms. The molecule has 1 amide bonds. The van der Waals surface area contributed by atoms with Gasteiger partial charge < -0.3 is 19.5 Å². The summed E-state index contributed by atoms with van der Waals surface area (Å²) in [4.78, 5) is 12.5. The molecule has 0 radical (unpaired) electrons. The van der Waals surface area contributed by atoms with Gasteiger partial charge in [0.25, 0.3) is 0 Å². The first-order chi connectivity index (χ1) is 13.4. The number of hydrogen-bond acceptors (Lipinski definition) is 4. The van der Waals surface area contributed by atoms with Crippen LogP contribution in [0.5, 0.6) is 17.2 Å². The molecule has 1 atom stereocenters. The Bertz CT molecular complexity index is 814. The van der Waals surface area contributed by atoms with Crippen LogP contribution in [0.15, 0.2) is 42.5 Å². The van der Waals surface area contributed by atoms with E-state index in [2.05, 4.69) is 31.3 Å². The summed E-state index contributed by atoms with van der Waals surface area (Å²) in [5, 5.41) is 3.17. The molecule has 2 aromatic carbocycles. The van der Waals surface area contributed by atoms with Crippen LogP contribution in [0.4, 0.5) is 0 Å². The van der Waals surface area contributed by atoms with E-state index in [-0.39, 0.29) is 17.6 Å². The number of benzene rings is 2. The quantitative estimate of drug-likeness (QED) is 0.711. The molecule has 0 spiro atoms. The SMILES string of the molecule is COc1ccc(OCCCC(=O)N[C@@H]2CC(C)(C)Oc3cc(C)ccc32)cc1. The summed E-state index contributed by atoms with van der Waals surface area (Å²) in [6.45, 7) is 6.65. The van der Waals surface area contributed by atoms with E-state index in [1.807, 2.05) is 37.3 Å². The summed E-state index contributed by atoms with van der Waals surface area (Å²) in [6, 6.07) is 13.6. The Balaban J connectivity index is 1.50. The van der Waals surface area contributed by atoms with Crippen molar-refractivity contribution < 1.29 is 19.0 Å². The minimum absolute atomic E-state index is 0.0330. The molecular weight excluding hydrogens is 354 g/mol. The fraction of sp³-hybridized carbons (Fsp3) is 0.435. The Labute approximate surface area is 167 Å². The van der Waals surface area contributed by atoms with Crippen molar-refractivity contribution in [3.05, 3.63) is 53.6 Å². The van der Waals surface area contributed by atoms with E-state index >= 15 is 0 Å². The Kier molecular flexibility index (Phi) is 6.12. The molecule has 1 N–H and O–H groups in total. The molecule has 5 nitrogen and oxygen atoms in total. The van der Waals surface area contributed by atoms with Crippen LogP contribution < -0.4 is 19.5 Å². The number of amides is 1. The van der Waals surface area contributed by atoms with E-state index in [1.54, 1.807) is 7.11 Å². The van der Waals surface area contributed by atoms with Crippen LogP contribution in [0.25, 0.3) is 0 Å². The van der Waals surface area contributed by atoms with E-state index < -0.39 is 0 Å². The minimum atomic E-state index is -0.309. The molecule has 1 heterocycles. The Morgan fingerprint density at radius 1 is 1.18 bits per heavy atom. The molecule has 3 rings (SSSR count). The van der Waals surface area contributed by atoms with Crippen LogP contribution in [0.3, 0.4) is 0 Å². The number of nitrogens with one attached hydrogen (secondary N) is 1. The van der Waals surface area contributed by atoms with Crippen LogP contribution in [0.2, 0.25) is 0 Å². The standard InChI is InChI=1S/C23H29NO4/c1-16-7-12-19-20(15-23(2,3)28-21(19)14-16)24-22(25)6-5-13-27-18-10-8-17(26-4)9-11-18/h7-12,14,20H,5-6,13,15H2,1-4H3,(H,24,25)/t20-/m1/s1. The van der Waals surface area contributed by atoms with Crippen molar-refractivity contribution in [2.45, 2.75) is 51.7 Å². The number of fused-ring (bicyclic) bond motifs is 1. The molecule has 2 aromatic rings. The summed E-state index contributed by atoms with van der Waals surface area (Å²) in [5.41, 5.74) is 1.89. The molecule has 0 aliphatic carbocycles. The molecule has 1 aliphatic heterocycles. The van der Waals surface area contributed by atoms with Gasteiger partial charge >= 0.3 is 0 Å². The number of carbonyl (C=O) groups excluding carboxylic acids is 1. The second-order valence-corrected chi connectivity index (χ2v) is 7.85. The van der Waals surface area contributed by atoms with Gasteiger partial charge in [0.05, 0.1) is 19.8 Å². The van der Waals surface area contributed by atoms with Crippen LogP contribution in [-0.2, 0) is 4.79 Å². The Morgan fingerprint density at radius 3 is 2.61 bits per heavy atom. The zero-order valence-electron chi connectivity index (χ0n) is 17.1. The van der Waals surface area contributed by atoms with Gasteiger partial charge in [-0.05, 0) is 63.1 Å². The first kappa shape index (κ1) is 20.1. The van der Waals surface area contributed by atoms with Crippen LogP contribution in [-0.4, -0.2) is 25.2 Å². The Hall–Kier alpha value is -2.69. The summed E-state index contributed by atoms with van der Waals surface area (Å²) in [5.74, 6) is 2.47. The maximum atomic E-state index is 12.5. The minimum Gasteiger partial charge on any atom is -0.497 e. The van der Waals surface area contributed by atoms with Crippen LogP contribution in [0.1, 0.15) is 50.3 Å².